The minimum atomic E-state index is 0.0113. The molecule has 0 radical (unpaired) electrons. The molecule has 20 heavy (non-hydrogen) atoms. The highest BCUT2D eigenvalue weighted by Gasteiger charge is 2.34. The van der Waals surface area contributed by atoms with E-state index in [2.05, 4.69) is 10.6 Å². The van der Waals surface area contributed by atoms with E-state index >= 15 is 0 Å². The van der Waals surface area contributed by atoms with Crippen molar-refractivity contribution in [3.05, 3.63) is 23.8 Å². The van der Waals surface area contributed by atoms with Gasteiger partial charge in [0.25, 0.3) is 0 Å². The van der Waals surface area contributed by atoms with E-state index in [0.717, 1.165) is 18.4 Å². The lowest BCUT2D eigenvalue weighted by molar-refractivity contribution is -0.117. The summed E-state index contributed by atoms with van der Waals surface area (Å²) in [6.07, 6.45) is 5.26. The summed E-state index contributed by atoms with van der Waals surface area (Å²) >= 11 is 0. The zero-order valence-corrected chi connectivity index (χ0v) is 11.9. The number of nitrogens with one attached hydrogen (secondary N) is 2. The average molecular weight is 274 g/mol. The van der Waals surface area contributed by atoms with Gasteiger partial charge in [-0.1, -0.05) is 6.07 Å². The van der Waals surface area contributed by atoms with E-state index in [1.54, 1.807) is 12.1 Å². The highest BCUT2D eigenvalue weighted by molar-refractivity contribution is 5.92. The number of aryl methyl sites for hydroxylation is 1. The van der Waals surface area contributed by atoms with E-state index in [1.165, 1.54) is 12.8 Å². The van der Waals surface area contributed by atoms with Gasteiger partial charge < -0.3 is 15.7 Å². The van der Waals surface area contributed by atoms with Crippen LogP contribution in [-0.4, -0.2) is 23.1 Å². The van der Waals surface area contributed by atoms with Gasteiger partial charge in [0.15, 0.2) is 0 Å². The molecule has 0 spiro atoms. The van der Waals surface area contributed by atoms with Crippen LogP contribution in [-0.2, 0) is 4.79 Å². The molecule has 2 heterocycles. The Morgan fingerprint density at radius 2 is 2.05 bits per heavy atom. The molecule has 3 rings (SSSR count). The predicted molar refractivity (Wildman–Crippen MR) is 78.8 cm³/mol. The molecule has 1 aromatic carbocycles. The maximum Gasteiger partial charge on any atom is 0.224 e. The summed E-state index contributed by atoms with van der Waals surface area (Å²) in [7, 11) is 0. The molecule has 2 bridgehead atoms. The van der Waals surface area contributed by atoms with Crippen molar-refractivity contribution in [1.82, 2.24) is 5.32 Å². The summed E-state index contributed by atoms with van der Waals surface area (Å²) in [5.41, 5.74) is 1.55. The number of phenols is 1. The third kappa shape index (κ3) is 2.96. The molecule has 1 amide bonds. The number of phenolic OH excluding ortho intramolecular Hbond substituents is 1. The number of piperidine rings is 1. The number of carbonyl (C=O) groups is 1. The van der Waals surface area contributed by atoms with E-state index < -0.39 is 0 Å². The molecule has 108 valence electrons. The first-order valence-corrected chi connectivity index (χ1v) is 7.45. The monoisotopic (exact) mass is 274 g/mol. The number of anilines is 1. The van der Waals surface area contributed by atoms with Gasteiger partial charge in [-0.15, -0.1) is 0 Å². The van der Waals surface area contributed by atoms with Crippen LogP contribution in [0, 0.1) is 12.8 Å². The molecule has 0 aliphatic carbocycles. The summed E-state index contributed by atoms with van der Waals surface area (Å²) in [4.78, 5) is 12.1. The lowest BCUT2D eigenvalue weighted by Crippen LogP contribution is -2.39. The SMILES string of the molecule is Cc1ccc(O)c(NC(=O)CC2CC3CCC(C2)N3)c1. The van der Waals surface area contributed by atoms with Crippen LogP contribution in [0.3, 0.4) is 0 Å². The van der Waals surface area contributed by atoms with Gasteiger partial charge in [0.1, 0.15) is 5.75 Å². The maximum atomic E-state index is 12.1. The topological polar surface area (TPSA) is 61.4 Å². The van der Waals surface area contributed by atoms with Crippen molar-refractivity contribution in [2.45, 2.75) is 51.1 Å². The molecule has 2 atom stereocenters. The van der Waals surface area contributed by atoms with Gasteiger partial charge in [0.05, 0.1) is 5.69 Å². The van der Waals surface area contributed by atoms with E-state index in [0.29, 0.717) is 30.1 Å². The summed E-state index contributed by atoms with van der Waals surface area (Å²) in [6.45, 7) is 1.94. The van der Waals surface area contributed by atoms with Crippen molar-refractivity contribution in [3.8, 4) is 5.75 Å². The smallest absolute Gasteiger partial charge is 0.224 e. The van der Waals surface area contributed by atoms with Crippen LogP contribution < -0.4 is 10.6 Å². The lowest BCUT2D eigenvalue weighted by atomic mass is 9.89. The first kappa shape index (κ1) is 13.4. The van der Waals surface area contributed by atoms with Crippen LogP contribution in [0.5, 0.6) is 5.75 Å². The molecule has 4 nitrogen and oxygen atoms in total. The van der Waals surface area contributed by atoms with Gasteiger partial charge in [0, 0.05) is 18.5 Å². The molecule has 0 saturated carbocycles. The highest BCUT2D eigenvalue weighted by atomic mass is 16.3. The summed E-state index contributed by atoms with van der Waals surface area (Å²) in [5, 5.41) is 16.2. The van der Waals surface area contributed by atoms with Crippen LogP contribution in [0.4, 0.5) is 5.69 Å². The Labute approximate surface area is 119 Å². The standard InChI is InChI=1S/C16H22N2O2/c1-10-2-5-15(19)14(6-10)18-16(20)9-11-7-12-3-4-13(8-11)17-12/h2,5-6,11-13,17,19H,3-4,7-9H2,1H3,(H,18,20). The second kappa shape index (κ2) is 5.44. The van der Waals surface area contributed by atoms with Gasteiger partial charge in [-0.2, -0.15) is 0 Å². The Kier molecular flexibility index (Phi) is 3.66. The lowest BCUT2D eigenvalue weighted by Gasteiger charge is -2.28. The molecular weight excluding hydrogens is 252 g/mol. The number of amides is 1. The fourth-order valence-corrected chi connectivity index (χ4v) is 3.56. The van der Waals surface area contributed by atoms with E-state index in [-0.39, 0.29) is 11.7 Å². The molecule has 2 fully saturated rings. The number of carbonyl (C=O) groups excluding carboxylic acids is 1. The van der Waals surface area contributed by atoms with Gasteiger partial charge in [0.2, 0.25) is 5.91 Å². The van der Waals surface area contributed by atoms with Crippen LogP contribution in [0.15, 0.2) is 18.2 Å². The first-order valence-electron chi connectivity index (χ1n) is 7.45. The Morgan fingerprint density at radius 1 is 1.35 bits per heavy atom. The molecule has 4 heteroatoms. The van der Waals surface area contributed by atoms with Crippen molar-refractivity contribution in [2.24, 2.45) is 5.92 Å². The second-order valence-corrected chi connectivity index (χ2v) is 6.25. The molecule has 1 aromatic rings. The second-order valence-electron chi connectivity index (χ2n) is 6.25. The van der Waals surface area contributed by atoms with Crippen molar-refractivity contribution in [2.75, 3.05) is 5.32 Å². The first-order chi connectivity index (χ1) is 9.60. The van der Waals surface area contributed by atoms with Gasteiger partial charge >= 0.3 is 0 Å². The molecule has 2 saturated heterocycles. The van der Waals surface area contributed by atoms with Crippen molar-refractivity contribution >= 4 is 11.6 Å². The number of hydrogen-bond donors (Lipinski definition) is 3. The van der Waals surface area contributed by atoms with Crippen molar-refractivity contribution in [3.63, 3.8) is 0 Å². The van der Waals surface area contributed by atoms with Crippen molar-refractivity contribution in [1.29, 1.82) is 0 Å². The van der Waals surface area contributed by atoms with Gasteiger partial charge in [-0.05, 0) is 56.2 Å². The van der Waals surface area contributed by atoms with Crippen molar-refractivity contribution < 1.29 is 9.90 Å². The third-order valence-electron chi connectivity index (χ3n) is 4.47. The van der Waals surface area contributed by atoms with Crippen LogP contribution in [0.25, 0.3) is 0 Å². The minimum Gasteiger partial charge on any atom is -0.506 e. The Morgan fingerprint density at radius 3 is 2.75 bits per heavy atom. The minimum absolute atomic E-state index is 0.0113. The van der Waals surface area contributed by atoms with Crippen LogP contribution >= 0.6 is 0 Å². The normalized spacial score (nSPS) is 28.4. The Bertz CT molecular complexity index is 503. The quantitative estimate of drug-likeness (QED) is 0.742. The third-order valence-corrected chi connectivity index (χ3v) is 4.47. The number of aromatic hydroxyl groups is 1. The zero-order chi connectivity index (χ0) is 14.1. The Balaban J connectivity index is 1.58. The van der Waals surface area contributed by atoms with Crippen LogP contribution in [0.1, 0.15) is 37.7 Å². The largest absolute Gasteiger partial charge is 0.506 e. The highest BCUT2D eigenvalue weighted by Crippen LogP contribution is 2.33. The van der Waals surface area contributed by atoms with E-state index in [4.69, 9.17) is 0 Å². The molecule has 3 N–H and O–H groups in total. The molecule has 0 aromatic heterocycles. The summed E-state index contributed by atoms with van der Waals surface area (Å²) in [6, 6.07) is 6.47. The number of rotatable bonds is 3. The zero-order valence-electron chi connectivity index (χ0n) is 11.9. The van der Waals surface area contributed by atoms with Gasteiger partial charge in [-0.25, -0.2) is 0 Å². The summed E-state index contributed by atoms with van der Waals surface area (Å²) < 4.78 is 0. The number of benzene rings is 1. The fraction of sp³-hybridized carbons (Fsp3) is 0.562. The Hall–Kier alpha value is -1.55. The maximum absolute atomic E-state index is 12.1. The average Bonchev–Trinajstić information content (AvgIpc) is 2.73. The molecule has 2 aliphatic rings. The molecule has 2 aliphatic heterocycles. The van der Waals surface area contributed by atoms with Gasteiger partial charge in [-0.3, -0.25) is 4.79 Å². The number of hydrogen-bond acceptors (Lipinski definition) is 3. The van der Waals surface area contributed by atoms with E-state index in [1.807, 2.05) is 13.0 Å². The van der Waals surface area contributed by atoms with Crippen LogP contribution in [0.2, 0.25) is 0 Å². The summed E-state index contributed by atoms with van der Waals surface area (Å²) in [5.74, 6) is 0.618. The predicted octanol–water partition coefficient (Wildman–Crippen LogP) is 2.56. The molecular formula is C16H22N2O2. The number of fused-ring (bicyclic) bond motifs is 2. The molecule has 2 unspecified atom stereocenters. The van der Waals surface area contributed by atoms with E-state index in [9.17, 15) is 9.90 Å². The fourth-order valence-electron chi connectivity index (χ4n) is 3.56.